The fraction of sp³-hybridized carbons (Fsp3) is 0.100. The van der Waals surface area contributed by atoms with Crippen molar-refractivity contribution in [2.75, 3.05) is 7.11 Å². The van der Waals surface area contributed by atoms with Gasteiger partial charge in [-0.15, -0.1) is 0 Å². The molecule has 0 atom stereocenters. The van der Waals surface area contributed by atoms with Crippen LogP contribution in [-0.2, 0) is 0 Å². The molecule has 0 unspecified atom stereocenters. The number of nitrogens with two attached hydrogens (primary N) is 1. The van der Waals surface area contributed by atoms with E-state index in [2.05, 4.69) is 10.1 Å². The lowest BCUT2D eigenvalue weighted by molar-refractivity contribution is 0.318. The van der Waals surface area contributed by atoms with Crippen molar-refractivity contribution in [2.45, 2.75) is 6.92 Å². The molecule has 6 heteroatoms. The largest absolute Gasteiger partial charge is 0.508 e. The topological polar surface area (TPSA) is 101 Å². The average Bonchev–Trinajstić information content (AvgIpc) is 2.67. The Morgan fingerprint density at radius 3 is 2.50 bits per heavy atom. The molecule has 0 fully saturated rings. The van der Waals surface area contributed by atoms with E-state index in [1.807, 2.05) is 37.3 Å². The standard InChI is InChI=1S/C20H19N3O3/c1-12-10-16(13-5-7-14(24)8-6-13)18(17(11-12)19(21)23-25)15-4-3-9-22-20(15)26-2/h3-11,24-25H,1-2H3,(H2,21,23). The van der Waals surface area contributed by atoms with Crippen molar-refractivity contribution in [3.63, 3.8) is 0 Å². The Hall–Kier alpha value is -3.54. The zero-order chi connectivity index (χ0) is 18.7. The lowest BCUT2D eigenvalue weighted by Gasteiger charge is -2.18. The number of amidine groups is 1. The molecule has 4 N–H and O–H groups in total. The number of aromatic nitrogens is 1. The number of ether oxygens (including phenoxy) is 1. The van der Waals surface area contributed by atoms with Crippen molar-refractivity contribution in [1.29, 1.82) is 0 Å². The zero-order valence-electron chi connectivity index (χ0n) is 14.5. The van der Waals surface area contributed by atoms with Crippen LogP contribution >= 0.6 is 0 Å². The van der Waals surface area contributed by atoms with E-state index in [1.54, 1.807) is 31.5 Å². The molecular formula is C20H19N3O3. The Labute approximate surface area is 151 Å². The highest BCUT2D eigenvalue weighted by Gasteiger charge is 2.20. The number of methoxy groups -OCH3 is 1. The fourth-order valence-corrected chi connectivity index (χ4v) is 2.94. The van der Waals surface area contributed by atoms with Crippen LogP contribution in [0.2, 0.25) is 0 Å². The SMILES string of the molecule is COc1ncccc1-c1c(/C(N)=N/O)cc(C)cc1-c1ccc(O)cc1. The third-order valence-corrected chi connectivity index (χ3v) is 4.08. The summed E-state index contributed by atoms with van der Waals surface area (Å²) in [7, 11) is 1.55. The van der Waals surface area contributed by atoms with E-state index in [9.17, 15) is 10.3 Å². The van der Waals surface area contributed by atoms with Gasteiger partial charge in [-0.05, 0) is 53.9 Å². The number of hydrogen-bond acceptors (Lipinski definition) is 5. The van der Waals surface area contributed by atoms with Crippen LogP contribution in [0.5, 0.6) is 11.6 Å². The van der Waals surface area contributed by atoms with Crippen LogP contribution in [0.3, 0.4) is 0 Å². The van der Waals surface area contributed by atoms with Crippen LogP contribution < -0.4 is 10.5 Å². The van der Waals surface area contributed by atoms with Crippen molar-refractivity contribution in [1.82, 2.24) is 4.98 Å². The Bertz CT molecular complexity index is 967. The Morgan fingerprint density at radius 2 is 1.85 bits per heavy atom. The molecule has 26 heavy (non-hydrogen) atoms. The summed E-state index contributed by atoms with van der Waals surface area (Å²) < 4.78 is 5.41. The minimum absolute atomic E-state index is 0.00497. The molecule has 1 aromatic heterocycles. The number of rotatable bonds is 4. The predicted octanol–water partition coefficient (Wildman–Crippen LogP) is 3.53. The van der Waals surface area contributed by atoms with E-state index in [1.165, 1.54) is 0 Å². The lowest BCUT2D eigenvalue weighted by Crippen LogP contribution is -2.15. The molecular weight excluding hydrogens is 330 g/mol. The zero-order valence-corrected chi connectivity index (χ0v) is 14.5. The minimum atomic E-state index is -0.00497. The molecule has 0 aliphatic rings. The summed E-state index contributed by atoms with van der Waals surface area (Å²) in [5.74, 6) is 0.608. The smallest absolute Gasteiger partial charge is 0.221 e. The van der Waals surface area contributed by atoms with Crippen LogP contribution in [0.25, 0.3) is 22.3 Å². The maximum Gasteiger partial charge on any atom is 0.221 e. The van der Waals surface area contributed by atoms with E-state index in [-0.39, 0.29) is 11.6 Å². The second kappa shape index (κ2) is 7.14. The second-order valence-electron chi connectivity index (χ2n) is 5.83. The van der Waals surface area contributed by atoms with E-state index in [4.69, 9.17) is 10.5 Å². The first-order chi connectivity index (χ1) is 12.5. The fourth-order valence-electron chi connectivity index (χ4n) is 2.94. The molecule has 6 nitrogen and oxygen atoms in total. The number of benzene rings is 2. The number of hydrogen-bond donors (Lipinski definition) is 3. The number of oxime groups is 1. The van der Waals surface area contributed by atoms with E-state index >= 15 is 0 Å². The summed E-state index contributed by atoms with van der Waals surface area (Å²) in [4.78, 5) is 4.27. The number of pyridine rings is 1. The Balaban J connectivity index is 2.40. The van der Waals surface area contributed by atoms with Crippen LogP contribution in [0.1, 0.15) is 11.1 Å². The molecule has 0 aliphatic carbocycles. The summed E-state index contributed by atoms with van der Waals surface area (Å²) >= 11 is 0. The lowest BCUT2D eigenvalue weighted by atomic mass is 9.88. The van der Waals surface area contributed by atoms with Gasteiger partial charge in [0.1, 0.15) is 5.75 Å². The van der Waals surface area contributed by atoms with Gasteiger partial charge in [-0.2, -0.15) is 0 Å². The molecule has 0 amide bonds. The highest BCUT2D eigenvalue weighted by Crippen LogP contribution is 2.39. The Morgan fingerprint density at radius 1 is 1.12 bits per heavy atom. The quantitative estimate of drug-likeness (QED) is 0.289. The predicted molar refractivity (Wildman–Crippen MR) is 101 cm³/mol. The van der Waals surface area contributed by atoms with Crippen LogP contribution in [0.15, 0.2) is 59.9 Å². The van der Waals surface area contributed by atoms with Gasteiger partial charge in [-0.25, -0.2) is 4.98 Å². The maximum atomic E-state index is 9.61. The van der Waals surface area contributed by atoms with Gasteiger partial charge in [-0.1, -0.05) is 23.4 Å². The summed E-state index contributed by atoms with van der Waals surface area (Å²) in [6, 6.07) is 14.4. The Kier molecular flexibility index (Phi) is 4.75. The first-order valence-corrected chi connectivity index (χ1v) is 7.96. The van der Waals surface area contributed by atoms with E-state index in [0.717, 1.165) is 27.8 Å². The molecule has 0 saturated heterocycles. The monoisotopic (exact) mass is 349 g/mol. The summed E-state index contributed by atoms with van der Waals surface area (Å²) in [6.45, 7) is 1.93. The van der Waals surface area contributed by atoms with Crippen LogP contribution in [0.4, 0.5) is 0 Å². The van der Waals surface area contributed by atoms with Gasteiger partial charge in [-0.3, -0.25) is 0 Å². The molecule has 0 saturated carbocycles. The molecule has 3 rings (SSSR count). The third kappa shape index (κ3) is 3.17. The first-order valence-electron chi connectivity index (χ1n) is 7.96. The van der Waals surface area contributed by atoms with Crippen molar-refractivity contribution in [3.8, 4) is 33.9 Å². The van der Waals surface area contributed by atoms with Crippen molar-refractivity contribution in [3.05, 3.63) is 65.9 Å². The number of aryl methyl sites for hydroxylation is 1. The molecule has 132 valence electrons. The van der Waals surface area contributed by atoms with Gasteiger partial charge < -0.3 is 20.8 Å². The molecule has 0 radical (unpaired) electrons. The van der Waals surface area contributed by atoms with E-state index < -0.39 is 0 Å². The maximum absolute atomic E-state index is 9.61. The van der Waals surface area contributed by atoms with Gasteiger partial charge in [0.25, 0.3) is 0 Å². The number of aromatic hydroxyl groups is 1. The van der Waals surface area contributed by atoms with Crippen LogP contribution in [-0.4, -0.2) is 28.2 Å². The summed E-state index contributed by atoms with van der Waals surface area (Å²) in [5.41, 5.74) is 10.7. The van der Waals surface area contributed by atoms with Crippen LogP contribution in [0, 0.1) is 6.92 Å². The van der Waals surface area contributed by atoms with Crippen molar-refractivity contribution < 1.29 is 15.1 Å². The molecule has 0 bridgehead atoms. The normalized spacial score (nSPS) is 11.4. The molecule has 0 spiro atoms. The minimum Gasteiger partial charge on any atom is -0.508 e. The second-order valence-corrected chi connectivity index (χ2v) is 5.83. The molecule has 1 heterocycles. The number of phenolic OH excluding ortho intramolecular Hbond substituents is 1. The van der Waals surface area contributed by atoms with Gasteiger partial charge in [0.05, 0.1) is 7.11 Å². The first kappa shape index (κ1) is 17.3. The molecule has 3 aromatic rings. The van der Waals surface area contributed by atoms with Gasteiger partial charge in [0.2, 0.25) is 5.88 Å². The third-order valence-electron chi connectivity index (χ3n) is 4.08. The summed E-state index contributed by atoms with van der Waals surface area (Å²) in [6.07, 6.45) is 1.64. The van der Waals surface area contributed by atoms with Crippen molar-refractivity contribution >= 4 is 5.84 Å². The highest BCUT2D eigenvalue weighted by atomic mass is 16.5. The summed E-state index contributed by atoms with van der Waals surface area (Å²) in [5, 5.41) is 22.0. The van der Waals surface area contributed by atoms with Gasteiger partial charge in [0, 0.05) is 22.9 Å². The van der Waals surface area contributed by atoms with Gasteiger partial charge >= 0.3 is 0 Å². The highest BCUT2D eigenvalue weighted by molar-refractivity contribution is 6.07. The van der Waals surface area contributed by atoms with E-state index in [0.29, 0.717) is 11.4 Å². The number of phenols is 1. The molecule has 2 aromatic carbocycles. The molecule has 0 aliphatic heterocycles. The van der Waals surface area contributed by atoms with Gasteiger partial charge in [0.15, 0.2) is 5.84 Å². The number of nitrogens with zero attached hydrogens (tertiary/aromatic N) is 2. The average molecular weight is 349 g/mol. The van der Waals surface area contributed by atoms with Crippen molar-refractivity contribution in [2.24, 2.45) is 10.9 Å².